The summed E-state index contributed by atoms with van der Waals surface area (Å²) in [6.07, 6.45) is -3.11. The quantitative estimate of drug-likeness (QED) is 0.625. The number of aromatic nitrogens is 2. The van der Waals surface area contributed by atoms with Gasteiger partial charge in [0.2, 0.25) is 0 Å². The summed E-state index contributed by atoms with van der Waals surface area (Å²) in [5, 5.41) is 22.2. The zero-order valence-corrected chi connectivity index (χ0v) is 13.0. The van der Waals surface area contributed by atoms with Crippen molar-refractivity contribution in [2.24, 2.45) is 0 Å². The fraction of sp³-hybridized carbons (Fsp3) is 0.467. The third-order valence-electron chi connectivity index (χ3n) is 5.01. The number of H-pyrrole nitrogens is 1. The monoisotopic (exact) mass is 355 g/mol. The van der Waals surface area contributed by atoms with Gasteiger partial charge in [0.05, 0.1) is 22.8 Å². The summed E-state index contributed by atoms with van der Waals surface area (Å²) in [7, 11) is 0. The van der Waals surface area contributed by atoms with Gasteiger partial charge in [0, 0.05) is 24.2 Å². The standard InChI is InChI=1S/C15H16F3N5O2/c16-15(17,18)8-5-10-9(7-19-22-10)11(6-8)23-3-1-14(2-4-23)12(24)20-13(25)21-14/h5-7,12,24H,1-4H2,(H,19,22)(H2,20,21,25). The van der Waals surface area contributed by atoms with E-state index in [0.29, 0.717) is 42.5 Å². The summed E-state index contributed by atoms with van der Waals surface area (Å²) in [5.41, 5.74) is -0.748. The van der Waals surface area contributed by atoms with Crippen LogP contribution in [0.25, 0.3) is 10.9 Å². The summed E-state index contributed by atoms with van der Waals surface area (Å²) in [6.45, 7) is 0.807. The zero-order valence-electron chi connectivity index (χ0n) is 13.0. The third kappa shape index (κ3) is 2.56. The number of aliphatic hydroxyl groups is 1. The Morgan fingerprint density at radius 3 is 2.60 bits per heavy atom. The predicted molar refractivity (Wildman–Crippen MR) is 82.9 cm³/mol. The molecule has 10 heteroatoms. The van der Waals surface area contributed by atoms with Crippen molar-refractivity contribution >= 4 is 22.6 Å². The van der Waals surface area contributed by atoms with Gasteiger partial charge < -0.3 is 20.6 Å². The molecule has 4 rings (SSSR count). The molecule has 3 heterocycles. The average Bonchev–Trinajstić information content (AvgIpc) is 3.11. The lowest BCUT2D eigenvalue weighted by Crippen LogP contribution is -2.56. The van der Waals surface area contributed by atoms with Gasteiger partial charge in [0.15, 0.2) is 6.23 Å². The third-order valence-corrected chi connectivity index (χ3v) is 5.01. The van der Waals surface area contributed by atoms with Crippen molar-refractivity contribution in [1.82, 2.24) is 20.8 Å². The summed E-state index contributed by atoms with van der Waals surface area (Å²) in [4.78, 5) is 13.3. The molecule has 0 bridgehead atoms. The Morgan fingerprint density at radius 1 is 1.28 bits per heavy atom. The number of carbonyl (C=O) groups excluding carboxylic acids is 1. The van der Waals surface area contributed by atoms with Gasteiger partial charge in [-0.3, -0.25) is 5.10 Å². The van der Waals surface area contributed by atoms with E-state index < -0.39 is 29.5 Å². The average molecular weight is 355 g/mol. The molecule has 1 aromatic carbocycles. The van der Waals surface area contributed by atoms with Crippen LogP contribution in [0.5, 0.6) is 0 Å². The van der Waals surface area contributed by atoms with Crippen molar-refractivity contribution in [3.05, 3.63) is 23.9 Å². The first-order chi connectivity index (χ1) is 11.8. The molecule has 1 spiro atoms. The van der Waals surface area contributed by atoms with Crippen LogP contribution >= 0.6 is 0 Å². The Balaban J connectivity index is 1.65. The fourth-order valence-electron chi connectivity index (χ4n) is 3.60. The summed E-state index contributed by atoms with van der Waals surface area (Å²) < 4.78 is 39.5. The summed E-state index contributed by atoms with van der Waals surface area (Å²) in [6, 6.07) is 1.73. The topological polar surface area (TPSA) is 93.3 Å². The van der Waals surface area contributed by atoms with Crippen LogP contribution in [0, 0.1) is 0 Å². The maximum atomic E-state index is 13.2. The first-order valence-corrected chi connectivity index (χ1v) is 7.84. The maximum Gasteiger partial charge on any atom is 0.416 e. The van der Waals surface area contributed by atoms with E-state index in [1.807, 2.05) is 4.90 Å². The van der Waals surface area contributed by atoms with Gasteiger partial charge in [-0.25, -0.2) is 4.79 Å². The lowest BCUT2D eigenvalue weighted by molar-refractivity contribution is -0.137. The minimum Gasteiger partial charge on any atom is -0.371 e. The lowest BCUT2D eigenvalue weighted by atomic mass is 9.86. The number of anilines is 1. The van der Waals surface area contributed by atoms with Gasteiger partial charge in [-0.15, -0.1) is 0 Å². The van der Waals surface area contributed by atoms with Gasteiger partial charge in [0.25, 0.3) is 0 Å². The molecule has 0 radical (unpaired) electrons. The highest BCUT2D eigenvalue weighted by atomic mass is 19.4. The number of fused-ring (bicyclic) bond motifs is 1. The number of aromatic amines is 1. The molecule has 2 saturated heterocycles. The van der Waals surface area contributed by atoms with Gasteiger partial charge in [-0.2, -0.15) is 18.3 Å². The molecule has 4 N–H and O–H groups in total. The Kier molecular flexibility index (Phi) is 3.36. The van der Waals surface area contributed by atoms with Crippen molar-refractivity contribution in [1.29, 1.82) is 0 Å². The lowest BCUT2D eigenvalue weighted by Gasteiger charge is -2.41. The van der Waals surface area contributed by atoms with E-state index in [2.05, 4.69) is 20.8 Å². The summed E-state index contributed by atoms with van der Waals surface area (Å²) in [5.74, 6) is 0. The summed E-state index contributed by atoms with van der Waals surface area (Å²) >= 11 is 0. The second-order valence-corrected chi connectivity index (χ2v) is 6.47. The molecule has 1 aromatic heterocycles. The predicted octanol–water partition coefficient (Wildman–Crippen LogP) is 1.55. The number of nitrogens with one attached hydrogen (secondary N) is 3. The first kappa shape index (κ1) is 16.0. The highest BCUT2D eigenvalue weighted by molar-refractivity contribution is 5.92. The van der Waals surface area contributed by atoms with Crippen LogP contribution in [0.1, 0.15) is 18.4 Å². The van der Waals surface area contributed by atoms with Gasteiger partial charge in [-0.05, 0) is 25.0 Å². The van der Waals surface area contributed by atoms with Crippen LogP contribution in [-0.2, 0) is 6.18 Å². The molecule has 1 unspecified atom stereocenters. The number of amides is 2. The number of halogens is 3. The normalized spacial score (nSPS) is 23.1. The number of hydrogen-bond acceptors (Lipinski definition) is 4. The van der Waals surface area contributed by atoms with E-state index in [0.717, 1.165) is 12.1 Å². The largest absolute Gasteiger partial charge is 0.416 e. The Hall–Kier alpha value is -2.49. The molecule has 2 aromatic rings. The van der Waals surface area contributed by atoms with E-state index in [4.69, 9.17) is 0 Å². The molecular formula is C15H16F3N5O2. The number of aliphatic hydroxyl groups excluding tert-OH is 1. The molecule has 134 valence electrons. The number of benzene rings is 1. The number of rotatable bonds is 1. The highest BCUT2D eigenvalue weighted by Crippen LogP contribution is 2.38. The van der Waals surface area contributed by atoms with E-state index >= 15 is 0 Å². The number of hydrogen-bond donors (Lipinski definition) is 4. The number of carbonyl (C=O) groups is 1. The molecule has 2 aliphatic heterocycles. The number of urea groups is 1. The second-order valence-electron chi connectivity index (χ2n) is 6.47. The number of nitrogens with zero attached hydrogens (tertiary/aromatic N) is 2. The Bertz CT molecular complexity index is 826. The number of alkyl halides is 3. The first-order valence-electron chi connectivity index (χ1n) is 7.84. The molecule has 2 fully saturated rings. The Morgan fingerprint density at radius 2 is 2.00 bits per heavy atom. The van der Waals surface area contributed by atoms with Crippen molar-refractivity contribution in [3.63, 3.8) is 0 Å². The van der Waals surface area contributed by atoms with Crippen LogP contribution in [0.3, 0.4) is 0 Å². The second kappa shape index (κ2) is 5.25. The molecule has 2 amide bonds. The minimum atomic E-state index is -4.45. The van der Waals surface area contributed by atoms with Crippen LogP contribution in [0.15, 0.2) is 18.3 Å². The molecule has 7 nitrogen and oxygen atoms in total. The van der Waals surface area contributed by atoms with Gasteiger partial charge in [-0.1, -0.05) is 0 Å². The van der Waals surface area contributed by atoms with Crippen LogP contribution in [0.2, 0.25) is 0 Å². The molecule has 0 aliphatic carbocycles. The van der Waals surface area contributed by atoms with E-state index in [1.54, 1.807) is 0 Å². The van der Waals surface area contributed by atoms with E-state index in [-0.39, 0.29) is 0 Å². The number of piperidine rings is 1. The molecule has 25 heavy (non-hydrogen) atoms. The Labute approximate surface area is 140 Å². The van der Waals surface area contributed by atoms with Crippen molar-refractivity contribution in [2.75, 3.05) is 18.0 Å². The van der Waals surface area contributed by atoms with Crippen LogP contribution < -0.4 is 15.5 Å². The van der Waals surface area contributed by atoms with E-state index in [9.17, 15) is 23.1 Å². The minimum absolute atomic E-state index is 0.320. The fourth-order valence-corrected chi connectivity index (χ4v) is 3.60. The SMILES string of the molecule is O=C1NC(O)C2(CCN(c3cc(C(F)(F)F)cc4[nH]ncc34)CC2)N1. The zero-order chi connectivity index (χ0) is 17.8. The van der Waals surface area contributed by atoms with Crippen LogP contribution in [0.4, 0.5) is 23.7 Å². The van der Waals surface area contributed by atoms with Crippen molar-refractivity contribution < 1.29 is 23.1 Å². The molecule has 1 atom stereocenters. The highest BCUT2D eigenvalue weighted by Gasteiger charge is 2.47. The van der Waals surface area contributed by atoms with Crippen molar-refractivity contribution in [3.8, 4) is 0 Å². The molecular weight excluding hydrogens is 339 g/mol. The maximum absolute atomic E-state index is 13.2. The smallest absolute Gasteiger partial charge is 0.371 e. The van der Waals surface area contributed by atoms with Crippen molar-refractivity contribution in [2.45, 2.75) is 30.8 Å². The molecule has 2 aliphatic rings. The van der Waals surface area contributed by atoms with Crippen LogP contribution in [-0.4, -0.2) is 46.2 Å². The van der Waals surface area contributed by atoms with Gasteiger partial charge >= 0.3 is 12.2 Å². The molecule has 0 saturated carbocycles. The van der Waals surface area contributed by atoms with E-state index in [1.165, 1.54) is 6.20 Å². The van der Waals surface area contributed by atoms with Gasteiger partial charge in [0.1, 0.15) is 0 Å².